The van der Waals surface area contributed by atoms with Crippen LogP contribution in [0.4, 0.5) is 0 Å². The molecule has 1 aliphatic heterocycles. The highest BCUT2D eigenvalue weighted by molar-refractivity contribution is 7.12. The lowest BCUT2D eigenvalue weighted by Gasteiger charge is -2.25. The molecule has 0 radical (unpaired) electrons. The van der Waals surface area contributed by atoms with Crippen LogP contribution in [0.25, 0.3) is 0 Å². The number of amides is 2. The average molecular weight is 388 g/mol. The Balaban J connectivity index is 1.56. The first-order valence-corrected chi connectivity index (χ1v) is 9.93. The van der Waals surface area contributed by atoms with Crippen LogP contribution in [0.2, 0.25) is 0 Å². The first-order valence-electron chi connectivity index (χ1n) is 9.05. The number of hydrogen-bond acceptors (Lipinski definition) is 5. The maximum absolute atomic E-state index is 12.4. The van der Waals surface area contributed by atoms with Gasteiger partial charge in [-0.25, -0.2) is 0 Å². The molecular weight excluding hydrogens is 364 g/mol. The second-order valence-corrected chi connectivity index (χ2v) is 7.62. The molecule has 27 heavy (non-hydrogen) atoms. The quantitative estimate of drug-likeness (QED) is 0.764. The van der Waals surface area contributed by atoms with E-state index in [0.717, 1.165) is 11.3 Å². The lowest BCUT2D eigenvalue weighted by Crippen LogP contribution is -2.34. The summed E-state index contributed by atoms with van der Waals surface area (Å²) in [5.41, 5.74) is 0.977. The Morgan fingerprint density at radius 3 is 2.63 bits per heavy atom. The average Bonchev–Trinajstić information content (AvgIpc) is 3.20. The van der Waals surface area contributed by atoms with Gasteiger partial charge in [-0.15, -0.1) is 11.3 Å². The summed E-state index contributed by atoms with van der Waals surface area (Å²) >= 11 is 1.38. The normalized spacial score (nSPS) is 13.9. The molecule has 1 aromatic carbocycles. The molecule has 6 nitrogen and oxygen atoms in total. The highest BCUT2D eigenvalue weighted by Gasteiger charge is 2.21. The zero-order valence-electron chi connectivity index (χ0n) is 15.5. The maximum Gasteiger partial charge on any atom is 0.261 e. The first kappa shape index (κ1) is 19.2. The highest BCUT2D eigenvalue weighted by Crippen LogP contribution is 2.34. The molecule has 1 aromatic heterocycles. The molecule has 144 valence electrons. The number of fused-ring (bicyclic) bond motifs is 1. The van der Waals surface area contributed by atoms with Gasteiger partial charge in [0.25, 0.3) is 5.91 Å². The summed E-state index contributed by atoms with van der Waals surface area (Å²) in [5, 5.41) is 7.69. The van der Waals surface area contributed by atoms with Gasteiger partial charge in [-0.1, -0.05) is 26.0 Å². The fraction of sp³-hybridized carbons (Fsp3) is 0.400. The van der Waals surface area contributed by atoms with Crippen molar-refractivity contribution in [3.05, 3.63) is 46.2 Å². The van der Waals surface area contributed by atoms with Crippen LogP contribution in [0.5, 0.6) is 11.5 Å². The standard InChI is InChI=1S/C20H24N2O4S/c1-13(2)19(14-5-6-15-16(12-14)26-10-9-25-15)22-18(23)7-8-21-20(24)17-4-3-11-27-17/h3-6,11-13,19H,7-10H2,1-2H3,(H,21,24)(H,22,23). The largest absolute Gasteiger partial charge is 0.486 e. The summed E-state index contributed by atoms with van der Waals surface area (Å²) in [7, 11) is 0. The Bertz CT molecular complexity index is 789. The van der Waals surface area contributed by atoms with E-state index < -0.39 is 0 Å². The Hall–Kier alpha value is -2.54. The van der Waals surface area contributed by atoms with Crippen LogP contribution in [0, 0.1) is 5.92 Å². The second-order valence-electron chi connectivity index (χ2n) is 6.68. The SMILES string of the molecule is CC(C)C(NC(=O)CCNC(=O)c1cccs1)c1ccc2c(c1)OCCO2. The van der Waals surface area contributed by atoms with Gasteiger partial charge in [-0.2, -0.15) is 0 Å². The van der Waals surface area contributed by atoms with Crippen LogP contribution in [-0.4, -0.2) is 31.6 Å². The maximum atomic E-state index is 12.4. The van der Waals surface area contributed by atoms with Crippen molar-refractivity contribution in [3.63, 3.8) is 0 Å². The molecule has 1 unspecified atom stereocenters. The lowest BCUT2D eigenvalue weighted by molar-refractivity contribution is -0.122. The van der Waals surface area contributed by atoms with Gasteiger partial charge >= 0.3 is 0 Å². The van der Waals surface area contributed by atoms with Gasteiger partial charge < -0.3 is 20.1 Å². The number of rotatable bonds is 7. The molecule has 0 bridgehead atoms. The van der Waals surface area contributed by atoms with E-state index in [1.165, 1.54) is 11.3 Å². The fourth-order valence-electron chi connectivity index (χ4n) is 2.92. The molecule has 0 saturated heterocycles. The molecular formula is C20H24N2O4S. The molecule has 0 saturated carbocycles. The minimum atomic E-state index is -0.148. The van der Waals surface area contributed by atoms with E-state index in [2.05, 4.69) is 24.5 Å². The second kappa shape index (κ2) is 8.90. The van der Waals surface area contributed by atoms with E-state index in [4.69, 9.17) is 9.47 Å². The predicted octanol–water partition coefficient (Wildman–Crippen LogP) is 3.15. The van der Waals surface area contributed by atoms with Crippen LogP contribution in [0.3, 0.4) is 0 Å². The smallest absolute Gasteiger partial charge is 0.261 e. The summed E-state index contributed by atoms with van der Waals surface area (Å²) in [6.45, 7) is 5.49. The predicted molar refractivity (Wildman–Crippen MR) is 104 cm³/mol. The van der Waals surface area contributed by atoms with Gasteiger partial charge in [0.15, 0.2) is 11.5 Å². The zero-order chi connectivity index (χ0) is 19.2. The molecule has 2 heterocycles. The monoisotopic (exact) mass is 388 g/mol. The van der Waals surface area contributed by atoms with E-state index in [1.54, 1.807) is 6.07 Å². The van der Waals surface area contributed by atoms with E-state index in [1.807, 2.05) is 29.6 Å². The first-order chi connectivity index (χ1) is 13.0. The van der Waals surface area contributed by atoms with Gasteiger partial charge in [0.05, 0.1) is 10.9 Å². The highest BCUT2D eigenvalue weighted by atomic mass is 32.1. The van der Waals surface area contributed by atoms with Crippen LogP contribution >= 0.6 is 11.3 Å². The van der Waals surface area contributed by atoms with E-state index in [0.29, 0.717) is 30.4 Å². The summed E-state index contributed by atoms with van der Waals surface area (Å²) in [6.07, 6.45) is 0.227. The van der Waals surface area contributed by atoms with Gasteiger partial charge in [0.2, 0.25) is 5.91 Å². The van der Waals surface area contributed by atoms with Crippen molar-refractivity contribution >= 4 is 23.2 Å². The summed E-state index contributed by atoms with van der Waals surface area (Å²) < 4.78 is 11.2. The molecule has 7 heteroatoms. The summed E-state index contributed by atoms with van der Waals surface area (Å²) in [5.74, 6) is 1.40. The Morgan fingerprint density at radius 2 is 1.93 bits per heavy atom. The van der Waals surface area contributed by atoms with Gasteiger partial charge in [-0.3, -0.25) is 9.59 Å². The van der Waals surface area contributed by atoms with Crippen LogP contribution < -0.4 is 20.1 Å². The molecule has 2 N–H and O–H groups in total. The number of nitrogens with one attached hydrogen (secondary N) is 2. The van der Waals surface area contributed by atoms with Crippen molar-refractivity contribution in [2.75, 3.05) is 19.8 Å². The van der Waals surface area contributed by atoms with Crippen LogP contribution in [0.15, 0.2) is 35.7 Å². The molecule has 0 aliphatic carbocycles. The number of ether oxygens (including phenoxy) is 2. The number of hydrogen-bond donors (Lipinski definition) is 2. The summed E-state index contributed by atoms with van der Waals surface area (Å²) in [6, 6.07) is 9.21. The molecule has 1 atom stereocenters. The topological polar surface area (TPSA) is 76.7 Å². The molecule has 3 rings (SSSR count). The Morgan fingerprint density at radius 1 is 1.15 bits per heavy atom. The lowest BCUT2D eigenvalue weighted by atomic mass is 9.95. The molecule has 0 fully saturated rings. The van der Waals surface area contributed by atoms with Crippen molar-refractivity contribution in [1.29, 1.82) is 0 Å². The Labute approximate surface area is 162 Å². The molecule has 2 amide bonds. The van der Waals surface area contributed by atoms with Crippen molar-refractivity contribution < 1.29 is 19.1 Å². The third-order valence-corrected chi connectivity index (χ3v) is 5.16. The van der Waals surface area contributed by atoms with Gasteiger partial charge in [0.1, 0.15) is 13.2 Å². The summed E-state index contributed by atoms with van der Waals surface area (Å²) in [4.78, 5) is 24.9. The number of thiophene rings is 1. The minimum absolute atomic E-state index is 0.102. The van der Waals surface area contributed by atoms with Crippen molar-refractivity contribution in [2.45, 2.75) is 26.3 Å². The number of carbonyl (C=O) groups excluding carboxylic acids is 2. The van der Waals surface area contributed by atoms with Crippen molar-refractivity contribution in [2.24, 2.45) is 5.92 Å². The molecule has 1 aliphatic rings. The zero-order valence-corrected chi connectivity index (χ0v) is 16.3. The fourth-order valence-corrected chi connectivity index (χ4v) is 3.56. The van der Waals surface area contributed by atoms with Crippen LogP contribution in [0.1, 0.15) is 41.5 Å². The van der Waals surface area contributed by atoms with E-state index in [-0.39, 0.29) is 30.2 Å². The van der Waals surface area contributed by atoms with Gasteiger partial charge in [0, 0.05) is 13.0 Å². The van der Waals surface area contributed by atoms with E-state index >= 15 is 0 Å². The number of carbonyl (C=O) groups is 2. The van der Waals surface area contributed by atoms with Gasteiger partial charge in [-0.05, 0) is 35.1 Å². The third-order valence-electron chi connectivity index (χ3n) is 4.29. The minimum Gasteiger partial charge on any atom is -0.486 e. The number of benzene rings is 1. The van der Waals surface area contributed by atoms with E-state index in [9.17, 15) is 9.59 Å². The molecule has 0 spiro atoms. The van der Waals surface area contributed by atoms with Crippen molar-refractivity contribution in [3.8, 4) is 11.5 Å². The van der Waals surface area contributed by atoms with Crippen molar-refractivity contribution in [1.82, 2.24) is 10.6 Å². The Kier molecular flexibility index (Phi) is 6.34. The third kappa shape index (κ3) is 5.01. The van der Waals surface area contributed by atoms with Crippen LogP contribution in [-0.2, 0) is 4.79 Å². The molecule has 2 aromatic rings.